The number of amides is 2. The summed E-state index contributed by atoms with van der Waals surface area (Å²) in [6, 6.07) is 12.2. The maximum atomic E-state index is 12.5. The second-order valence-corrected chi connectivity index (χ2v) is 6.51. The molecule has 3 rings (SSSR count). The van der Waals surface area contributed by atoms with Gasteiger partial charge in [-0.15, -0.1) is 0 Å². The topological polar surface area (TPSA) is 58.6 Å². The Bertz CT molecular complexity index is 805. The predicted octanol–water partition coefficient (Wildman–Crippen LogP) is 3.99. The van der Waals surface area contributed by atoms with Gasteiger partial charge in [0.25, 0.3) is 0 Å². The molecule has 2 aromatic rings. The first-order chi connectivity index (χ1) is 12.0. The van der Waals surface area contributed by atoms with Gasteiger partial charge in [0.15, 0.2) is 0 Å². The lowest BCUT2D eigenvalue weighted by atomic mass is 10.1. The Kier molecular flexibility index (Phi) is 5.16. The molecule has 0 radical (unpaired) electrons. The van der Waals surface area contributed by atoms with Crippen molar-refractivity contribution in [1.29, 1.82) is 0 Å². The first kappa shape index (κ1) is 17.6. The van der Waals surface area contributed by atoms with Crippen LogP contribution in [0.25, 0.3) is 0 Å². The standard InChI is InChI=1S/C18H16Cl2N2O3/c1-25-13-5-2-4-12(9-13)22-10-11(8-16(22)23)18(24)21-17-14(19)6-3-7-15(17)20/h2-7,9,11H,8,10H2,1H3,(H,21,24). The molecule has 130 valence electrons. The van der Waals surface area contributed by atoms with Crippen LogP contribution in [0.1, 0.15) is 6.42 Å². The molecule has 1 heterocycles. The van der Waals surface area contributed by atoms with Gasteiger partial charge in [-0.1, -0.05) is 35.3 Å². The Morgan fingerprint density at radius 1 is 1.20 bits per heavy atom. The van der Waals surface area contributed by atoms with Crippen LogP contribution in [-0.4, -0.2) is 25.5 Å². The van der Waals surface area contributed by atoms with E-state index in [1.807, 2.05) is 6.07 Å². The van der Waals surface area contributed by atoms with Crippen LogP contribution in [0.2, 0.25) is 10.0 Å². The quantitative estimate of drug-likeness (QED) is 0.874. The number of benzene rings is 2. The zero-order chi connectivity index (χ0) is 18.0. The van der Waals surface area contributed by atoms with Crippen LogP contribution in [0, 0.1) is 5.92 Å². The van der Waals surface area contributed by atoms with Crippen molar-refractivity contribution in [2.75, 3.05) is 23.9 Å². The summed E-state index contributed by atoms with van der Waals surface area (Å²) < 4.78 is 5.18. The Morgan fingerprint density at radius 3 is 2.56 bits per heavy atom. The third-order valence-corrected chi connectivity index (χ3v) is 4.70. The number of nitrogens with one attached hydrogen (secondary N) is 1. The van der Waals surface area contributed by atoms with Gasteiger partial charge >= 0.3 is 0 Å². The third kappa shape index (κ3) is 3.72. The van der Waals surface area contributed by atoms with Crippen LogP contribution in [-0.2, 0) is 9.59 Å². The van der Waals surface area contributed by atoms with Crippen molar-refractivity contribution in [2.24, 2.45) is 5.92 Å². The Balaban J connectivity index is 1.74. The SMILES string of the molecule is COc1cccc(N2CC(C(=O)Nc3c(Cl)cccc3Cl)CC2=O)c1. The van der Waals surface area contributed by atoms with Crippen molar-refractivity contribution >= 4 is 46.4 Å². The number of para-hydroxylation sites is 1. The van der Waals surface area contributed by atoms with E-state index in [0.717, 1.165) is 0 Å². The van der Waals surface area contributed by atoms with Crippen LogP contribution in [0.15, 0.2) is 42.5 Å². The number of anilines is 2. The van der Waals surface area contributed by atoms with Crippen LogP contribution in [0.3, 0.4) is 0 Å². The van der Waals surface area contributed by atoms with Crippen LogP contribution < -0.4 is 15.0 Å². The summed E-state index contributed by atoms with van der Waals surface area (Å²) in [4.78, 5) is 26.4. The number of hydrogen-bond acceptors (Lipinski definition) is 3. The second kappa shape index (κ2) is 7.33. The molecule has 2 amide bonds. The van der Waals surface area contributed by atoms with E-state index in [1.165, 1.54) is 0 Å². The van der Waals surface area contributed by atoms with E-state index in [9.17, 15) is 9.59 Å². The first-order valence-corrected chi connectivity index (χ1v) is 8.44. The minimum atomic E-state index is -0.481. The number of rotatable bonds is 4. The number of carbonyl (C=O) groups is 2. The predicted molar refractivity (Wildman–Crippen MR) is 98.5 cm³/mol. The summed E-state index contributed by atoms with van der Waals surface area (Å²) in [6.07, 6.45) is 0.130. The maximum Gasteiger partial charge on any atom is 0.229 e. The van der Waals surface area contributed by atoms with Crippen LogP contribution in [0.5, 0.6) is 5.75 Å². The number of carbonyl (C=O) groups excluding carboxylic acids is 2. The van der Waals surface area contributed by atoms with Crippen LogP contribution >= 0.6 is 23.2 Å². The molecule has 7 heteroatoms. The lowest BCUT2D eigenvalue weighted by Crippen LogP contribution is -2.28. The van der Waals surface area contributed by atoms with Crippen molar-refractivity contribution in [1.82, 2.24) is 0 Å². The summed E-state index contributed by atoms with van der Waals surface area (Å²) in [5.74, 6) is -0.223. The van der Waals surface area contributed by atoms with Gasteiger partial charge in [0.2, 0.25) is 11.8 Å². The molecule has 0 saturated carbocycles. The van der Waals surface area contributed by atoms with E-state index in [-0.39, 0.29) is 18.2 Å². The van der Waals surface area contributed by atoms with Gasteiger partial charge in [-0.05, 0) is 24.3 Å². The summed E-state index contributed by atoms with van der Waals surface area (Å²) in [5.41, 5.74) is 1.07. The molecule has 25 heavy (non-hydrogen) atoms. The monoisotopic (exact) mass is 378 g/mol. The fraction of sp³-hybridized carbons (Fsp3) is 0.222. The van der Waals surface area contributed by atoms with E-state index in [2.05, 4.69) is 5.32 Å². The van der Waals surface area contributed by atoms with Crippen molar-refractivity contribution in [3.8, 4) is 5.75 Å². The van der Waals surface area contributed by atoms with Crippen LogP contribution in [0.4, 0.5) is 11.4 Å². The fourth-order valence-electron chi connectivity index (χ4n) is 2.75. The molecule has 2 aromatic carbocycles. The van der Waals surface area contributed by atoms with Gasteiger partial charge in [0.05, 0.1) is 28.8 Å². The fourth-order valence-corrected chi connectivity index (χ4v) is 3.25. The highest BCUT2D eigenvalue weighted by molar-refractivity contribution is 6.39. The average Bonchev–Trinajstić information content (AvgIpc) is 3.00. The van der Waals surface area contributed by atoms with E-state index < -0.39 is 5.92 Å². The van der Waals surface area contributed by atoms with Gasteiger partial charge in [-0.25, -0.2) is 0 Å². The highest BCUT2D eigenvalue weighted by Crippen LogP contribution is 2.32. The molecule has 1 aliphatic rings. The normalized spacial score (nSPS) is 16.8. The Hall–Kier alpha value is -2.24. The molecule has 1 N–H and O–H groups in total. The molecule has 1 unspecified atom stereocenters. The largest absolute Gasteiger partial charge is 0.497 e. The van der Waals surface area contributed by atoms with Crippen molar-refractivity contribution in [2.45, 2.75) is 6.42 Å². The summed E-state index contributed by atoms with van der Waals surface area (Å²) in [6.45, 7) is 0.292. The zero-order valence-electron chi connectivity index (χ0n) is 13.5. The Morgan fingerprint density at radius 2 is 1.88 bits per heavy atom. The van der Waals surface area contributed by atoms with Crippen molar-refractivity contribution in [3.05, 3.63) is 52.5 Å². The van der Waals surface area contributed by atoms with E-state index in [4.69, 9.17) is 27.9 Å². The molecule has 0 aliphatic carbocycles. The van der Waals surface area contributed by atoms with Gasteiger partial charge in [0.1, 0.15) is 5.75 Å². The summed E-state index contributed by atoms with van der Waals surface area (Å²) in [5, 5.41) is 3.44. The maximum absolute atomic E-state index is 12.5. The van der Waals surface area contributed by atoms with E-state index >= 15 is 0 Å². The highest BCUT2D eigenvalue weighted by Gasteiger charge is 2.35. The van der Waals surface area contributed by atoms with Gasteiger partial charge < -0.3 is 15.0 Å². The highest BCUT2D eigenvalue weighted by atomic mass is 35.5. The smallest absolute Gasteiger partial charge is 0.229 e. The van der Waals surface area contributed by atoms with Crippen molar-refractivity contribution < 1.29 is 14.3 Å². The Labute approximate surface area is 155 Å². The van der Waals surface area contributed by atoms with Gasteiger partial charge in [-0.2, -0.15) is 0 Å². The third-order valence-electron chi connectivity index (χ3n) is 4.07. The number of methoxy groups -OCH3 is 1. The lowest BCUT2D eigenvalue weighted by Gasteiger charge is -2.17. The van der Waals surface area contributed by atoms with Crippen molar-refractivity contribution in [3.63, 3.8) is 0 Å². The first-order valence-electron chi connectivity index (χ1n) is 7.69. The molecule has 0 spiro atoms. The minimum absolute atomic E-state index is 0.112. The van der Waals surface area contributed by atoms with Gasteiger partial charge in [-0.3, -0.25) is 9.59 Å². The molecule has 1 fully saturated rings. The molecular formula is C18H16Cl2N2O3. The van der Waals surface area contributed by atoms with E-state index in [0.29, 0.717) is 33.7 Å². The minimum Gasteiger partial charge on any atom is -0.497 e. The number of hydrogen-bond donors (Lipinski definition) is 1. The van der Waals surface area contributed by atoms with E-state index in [1.54, 1.807) is 48.4 Å². The molecule has 1 atom stereocenters. The average molecular weight is 379 g/mol. The lowest BCUT2D eigenvalue weighted by molar-refractivity contribution is -0.122. The number of ether oxygens (including phenoxy) is 1. The molecule has 0 aromatic heterocycles. The number of halogens is 2. The molecule has 1 aliphatic heterocycles. The second-order valence-electron chi connectivity index (χ2n) is 5.69. The summed E-state index contributed by atoms with van der Waals surface area (Å²) in [7, 11) is 1.56. The molecular weight excluding hydrogens is 363 g/mol. The van der Waals surface area contributed by atoms with Gasteiger partial charge in [0, 0.05) is 24.7 Å². The summed E-state index contributed by atoms with van der Waals surface area (Å²) >= 11 is 12.2. The number of nitrogens with zero attached hydrogens (tertiary/aromatic N) is 1. The molecule has 5 nitrogen and oxygen atoms in total. The zero-order valence-corrected chi connectivity index (χ0v) is 15.0. The molecule has 0 bridgehead atoms. The molecule has 1 saturated heterocycles.